The Bertz CT molecular complexity index is 906. The zero-order valence-electron chi connectivity index (χ0n) is 18.5. The summed E-state index contributed by atoms with van der Waals surface area (Å²) in [5, 5.41) is 31.8. The summed E-state index contributed by atoms with van der Waals surface area (Å²) in [6, 6.07) is 15.4. The van der Waals surface area contributed by atoms with Gasteiger partial charge in [0.2, 0.25) is 0 Å². The van der Waals surface area contributed by atoms with E-state index in [4.69, 9.17) is 10.2 Å². The van der Waals surface area contributed by atoms with Gasteiger partial charge in [0, 0.05) is 25.7 Å². The number of rotatable bonds is 8. The molecule has 0 amide bonds. The lowest BCUT2D eigenvalue weighted by Gasteiger charge is -2.03. The molecule has 0 fully saturated rings. The molecular formula is C25H31N3O4. The lowest BCUT2D eigenvalue weighted by Crippen LogP contribution is -2.06. The molecule has 7 heteroatoms. The topological polar surface area (TPSA) is 106 Å². The molecule has 0 saturated carbocycles. The number of phenols is 1. The van der Waals surface area contributed by atoms with Gasteiger partial charge in [0.25, 0.3) is 0 Å². The van der Waals surface area contributed by atoms with Crippen molar-refractivity contribution in [1.82, 2.24) is 5.01 Å². The average molecular weight is 438 g/mol. The van der Waals surface area contributed by atoms with Crippen LogP contribution in [-0.4, -0.2) is 46.4 Å². The van der Waals surface area contributed by atoms with Crippen molar-refractivity contribution in [3.8, 4) is 5.75 Å². The number of hydrogen-bond donors (Lipinski definition) is 3. The molecule has 0 spiro atoms. The predicted octanol–water partition coefficient (Wildman–Crippen LogP) is 5.43. The highest BCUT2D eigenvalue weighted by atomic mass is 16.4. The molecule has 7 nitrogen and oxygen atoms in total. The van der Waals surface area contributed by atoms with Gasteiger partial charge in [-0.15, -0.1) is 0 Å². The van der Waals surface area contributed by atoms with E-state index in [-0.39, 0.29) is 5.75 Å². The Morgan fingerprint density at radius 1 is 1.06 bits per heavy atom. The maximum atomic E-state index is 10.2. The SMILES string of the molecule is C=C/C=C\C=C(\O)CC.C=NN(C)C=NCc1ccccc1O.O=C(O)c1ccccc1. The number of aliphatic hydroxyl groups is 1. The van der Waals surface area contributed by atoms with Gasteiger partial charge in [-0.3, -0.25) is 10.0 Å². The number of carboxylic acid groups (broad SMARTS) is 1. The van der Waals surface area contributed by atoms with E-state index in [0.29, 0.717) is 24.3 Å². The lowest BCUT2D eigenvalue weighted by molar-refractivity contribution is 0.0697. The number of aliphatic imine (C=N–C) groups is 1. The Morgan fingerprint density at radius 3 is 2.19 bits per heavy atom. The third-order valence-corrected chi connectivity index (χ3v) is 3.64. The van der Waals surface area contributed by atoms with Crippen LogP contribution in [0, 0.1) is 0 Å². The van der Waals surface area contributed by atoms with Gasteiger partial charge >= 0.3 is 5.97 Å². The highest BCUT2D eigenvalue weighted by Crippen LogP contribution is 2.15. The van der Waals surface area contributed by atoms with Gasteiger partial charge in [-0.25, -0.2) is 4.79 Å². The molecule has 0 aromatic heterocycles. The van der Waals surface area contributed by atoms with Gasteiger partial charge in [0.1, 0.15) is 12.1 Å². The summed E-state index contributed by atoms with van der Waals surface area (Å²) < 4.78 is 0. The Morgan fingerprint density at radius 2 is 1.69 bits per heavy atom. The molecule has 0 aliphatic heterocycles. The van der Waals surface area contributed by atoms with E-state index in [1.54, 1.807) is 80.2 Å². The number of nitrogens with zero attached hydrogens (tertiary/aromatic N) is 3. The minimum atomic E-state index is -0.879. The van der Waals surface area contributed by atoms with Crippen LogP contribution in [0.15, 0.2) is 101 Å². The van der Waals surface area contributed by atoms with Crippen LogP contribution in [0.5, 0.6) is 5.75 Å². The fraction of sp³-hybridized carbons (Fsp3) is 0.160. The van der Waals surface area contributed by atoms with Gasteiger partial charge in [0.05, 0.1) is 17.9 Å². The number of aromatic hydroxyl groups is 1. The van der Waals surface area contributed by atoms with Crippen molar-refractivity contribution in [2.75, 3.05) is 7.05 Å². The molecule has 0 atom stereocenters. The van der Waals surface area contributed by atoms with Crippen LogP contribution in [0.2, 0.25) is 0 Å². The van der Waals surface area contributed by atoms with E-state index in [0.717, 1.165) is 5.56 Å². The van der Waals surface area contributed by atoms with Crippen LogP contribution >= 0.6 is 0 Å². The summed E-state index contributed by atoms with van der Waals surface area (Å²) in [6.45, 7) is 9.16. The van der Waals surface area contributed by atoms with Crippen molar-refractivity contribution in [3.05, 3.63) is 102 Å². The van der Waals surface area contributed by atoms with Crippen LogP contribution < -0.4 is 0 Å². The van der Waals surface area contributed by atoms with Crippen LogP contribution in [-0.2, 0) is 6.54 Å². The Kier molecular flexibility index (Phi) is 15.4. The second-order valence-electron chi connectivity index (χ2n) is 6.10. The summed E-state index contributed by atoms with van der Waals surface area (Å²) in [4.78, 5) is 14.3. The highest BCUT2D eigenvalue weighted by molar-refractivity contribution is 5.87. The van der Waals surface area contributed by atoms with Crippen molar-refractivity contribution < 1.29 is 20.1 Å². The number of allylic oxidation sites excluding steroid dienone is 5. The molecule has 3 N–H and O–H groups in total. The molecule has 0 radical (unpaired) electrons. The quantitative estimate of drug-likeness (QED) is 0.168. The fourth-order valence-corrected chi connectivity index (χ4v) is 1.88. The number of hydrogen-bond acceptors (Lipinski definition) is 5. The molecule has 0 bridgehead atoms. The lowest BCUT2D eigenvalue weighted by atomic mass is 10.2. The van der Waals surface area contributed by atoms with Crippen LogP contribution in [0.3, 0.4) is 0 Å². The summed E-state index contributed by atoms with van der Waals surface area (Å²) in [5.74, 6) is -0.220. The van der Waals surface area contributed by atoms with Gasteiger partial charge < -0.3 is 15.3 Å². The number of carbonyl (C=O) groups is 1. The molecule has 32 heavy (non-hydrogen) atoms. The first-order chi connectivity index (χ1) is 15.3. The van der Waals surface area contributed by atoms with Gasteiger partial charge in [-0.05, 0) is 24.3 Å². The van der Waals surface area contributed by atoms with Crippen molar-refractivity contribution in [2.24, 2.45) is 10.1 Å². The van der Waals surface area contributed by atoms with E-state index in [1.807, 2.05) is 19.1 Å². The van der Waals surface area contributed by atoms with Gasteiger partial charge in [-0.1, -0.05) is 68.1 Å². The summed E-state index contributed by atoms with van der Waals surface area (Å²) in [5.41, 5.74) is 1.12. The molecular weight excluding hydrogens is 406 g/mol. The van der Waals surface area contributed by atoms with E-state index in [1.165, 1.54) is 5.01 Å². The molecule has 0 saturated heterocycles. The largest absolute Gasteiger partial charge is 0.512 e. The van der Waals surface area contributed by atoms with Crippen molar-refractivity contribution in [1.29, 1.82) is 0 Å². The van der Waals surface area contributed by atoms with Crippen LogP contribution in [0.4, 0.5) is 0 Å². The smallest absolute Gasteiger partial charge is 0.335 e. The molecule has 2 aromatic rings. The second kappa shape index (κ2) is 17.7. The zero-order chi connectivity index (χ0) is 24.2. The van der Waals surface area contributed by atoms with Crippen molar-refractivity contribution in [3.63, 3.8) is 0 Å². The van der Waals surface area contributed by atoms with Crippen molar-refractivity contribution >= 4 is 19.0 Å². The standard InChI is InChI=1S/C10H13N3O.C8H12O.C7H6O2/c1-11-13(2)8-12-7-9-5-3-4-6-10(9)14;1-3-5-6-7-8(9)4-2;8-7(9)6-4-2-1-3-5-6/h3-6,8,14H,1,7H2,2H3;3,5-7,9H,1,4H2,2H3;1-5H,(H,8,9)/b;6-5-,8-7+;. The maximum absolute atomic E-state index is 10.2. The average Bonchev–Trinajstić information content (AvgIpc) is 2.81. The van der Waals surface area contributed by atoms with E-state index in [9.17, 15) is 9.90 Å². The number of aliphatic hydroxyl groups excluding tert-OH is 1. The minimum absolute atomic E-state index is 0.263. The molecule has 0 heterocycles. The number of benzene rings is 2. The number of para-hydroxylation sites is 1. The van der Waals surface area contributed by atoms with E-state index >= 15 is 0 Å². The van der Waals surface area contributed by atoms with Gasteiger partial charge in [-0.2, -0.15) is 5.10 Å². The highest BCUT2D eigenvalue weighted by Gasteiger charge is 1.97. The Balaban J connectivity index is 0.000000470. The fourth-order valence-electron chi connectivity index (χ4n) is 1.88. The normalized spacial score (nSPS) is 10.5. The summed E-state index contributed by atoms with van der Waals surface area (Å²) in [7, 11) is 1.74. The van der Waals surface area contributed by atoms with Crippen LogP contribution in [0.25, 0.3) is 0 Å². The number of phenolic OH excluding ortho intramolecular Hbond substituents is 1. The second-order valence-corrected chi connectivity index (χ2v) is 6.10. The monoisotopic (exact) mass is 437 g/mol. The summed E-state index contributed by atoms with van der Waals surface area (Å²) in [6.07, 6.45) is 9.08. The Labute approximate surface area is 189 Å². The molecule has 0 aliphatic carbocycles. The third kappa shape index (κ3) is 13.9. The van der Waals surface area contributed by atoms with Crippen LogP contribution in [0.1, 0.15) is 29.3 Å². The first kappa shape index (κ1) is 27.9. The van der Waals surface area contributed by atoms with Gasteiger partial charge in [0.15, 0.2) is 0 Å². The number of carboxylic acids is 1. The Hall–Kier alpha value is -4.13. The minimum Gasteiger partial charge on any atom is -0.512 e. The molecule has 170 valence electrons. The molecule has 0 aliphatic rings. The molecule has 0 unspecified atom stereocenters. The first-order valence-electron chi connectivity index (χ1n) is 9.77. The number of aromatic carboxylic acids is 1. The molecule has 2 rings (SSSR count). The van der Waals surface area contributed by atoms with E-state index < -0.39 is 5.97 Å². The summed E-state index contributed by atoms with van der Waals surface area (Å²) >= 11 is 0. The third-order valence-electron chi connectivity index (χ3n) is 3.64. The van der Waals surface area contributed by atoms with E-state index in [2.05, 4.69) is 23.4 Å². The van der Waals surface area contributed by atoms with Crippen molar-refractivity contribution in [2.45, 2.75) is 19.9 Å². The predicted molar refractivity (Wildman–Crippen MR) is 131 cm³/mol. The first-order valence-corrected chi connectivity index (χ1v) is 9.77. The number of hydrazone groups is 1. The zero-order valence-corrected chi connectivity index (χ0v) is 18.5. The molecule has 2 aromatic carbocycles. The maximum Gasteiger partial charge on any atom is 0.335 e.